The number of para-hydroxylation sites is 2. The fourth-order valence-corrected chi connectivity index (χ4v) is 3.66. The highest BCUT2D eigenvalue weighted by Crippen LogP contribution is 2.22. The third-order valence-corrected chi connectivity index (χ3v) is 4.95. The molecule has 1 aromatic carbocycles. The molecule has 1 N–H and O–H groups in total. The van der Waals surface area contributed by atoms with Gasteiger partial charge in [0.05, 0.1) is 29.3 Å². The summed E-state index contributed by atoms with van der Waals surface area (Å²) in [5, 5.41) is 0.739. The van der Waals surface area contributed by atoms with Crippen molar-refractivity contribution in [1.29, 1.82) is 0 Å². The number of amides is 1. The van der Waals surface area contributed by atoms with Gasteiger partial charge in [-0.2, -0.15) is 0 Å². The molecular formula is C17H21N3O3S. The molecule has 1 amide bonds. The minimum atomic E-state index is -0.196. The molecular weight excluding hydrogens is 326 g/mol. The normalized spacial score (nSPS) is 17.9. The summed E-state index contributed by atoms with van der Waals surface area (Å²) in [7, 11) is 0. The monoisotopic (exact) mass is 347 g/mol. The standard InChI is InChI=1S/C17H21N3O3S/c1-2-23-16(22)12-6-5-9-20(10-12)15(21)11-24-17-18-13-7-3-4-8-14(13)19-17/h3-4,7-8,12H,2,5-6,9-11H2,1H3,(H,18,19). The van der Waals surface area contributed by atoms with Crippen molar-refractivity contribution in [2.24, 2.45) is 5.92 Å². The molecule has 6 nitrogen and oxygen atoms in total. The summed E-state index contributed by atoms with van der Waals surface area (Å²) in [6, 6.07) is 7.78. The number of esters is 1. The summed E-state index contributed by atoms with van der Waals surface area (Å²) in [5.41, 5.74) is 1.86. The van der Waals surface area contributed by atoms with E-state index in [9.17, 15) is 9.59 Å². The second-order valence-corrected chi connectivity index (χ2v) is 6.74. The van der Waals surface area contributed by atoms with Gasteiger partial charge in [-0.1, -0.05) is 23.9 Å². The SMILES string of the molecule is CCOC(=O)C1CCCN(C(=O)CSc2nc3ccccc3[nH]2)C1. The molecule has 24 heavy (non-hydrogen) atoms. The maximum absolute atomic E-state index is 12.4. The van der Waals surface area contributed by atoms with E-state index in [4.69, 9.17) is 4.74 Å². The van der Waals surface area contributed by atoms with Crippen LogP contribution in [0, 0.1) is 5.92 Å². The molecule has 1 saturated heterocycles. The topological polar surface area (TPSA) is 75.3 Å². The Kier molecular flexibility index (Phi) is 5.40. The van der Waals surface area contributed by atoms with E-state index in [-0.39, 0.29) is 17.8 Å². The minimum Gasteiger partial charge on any atom is -0.466 e. The van der Waals surface area contributed by atoms with Gasteiger partial charge in [0.25, 0.3) is 0 Å². The molecule has 1 atom stereocenters. The molecule has 2 aromatic rings. The first-order chi connectivity index (χ1) is 11.7. The number of hydrogen-bond donors (Lipinski definition) is 1. The number of nitrogens with zero attached hydrogens (tertiary/aromatic N) is 2. The predicted octanol–water partition coefficient (Wildman–Crippen LogP) is 2.46. The fourth-order valence-electron chi connectivity index (χ4n) is 2.88. The lowest BCUT2D eigenvalue weighted by Gasteiger charge is -2.31. The van der Waals surface area contributed by atoms with Crippen LogP contribution in [-0.4, -0.2) is 52.2 Å². The van der Waals surface area contributed by atoms with Gasteiger partial charge in [0, 0.05) is 13.1 Å². The van der Waals surface area contributed by atoms with Gasteiger partial charge >= 0.3 is 5.97 Å². The number of aromatic amines is 1. The van der Waals surface area contributed by atoms with Gasteiger partial charge in [0.2, 0.25) is 5.91 Å². The summed E-state index contributed by atoms with van der Waals surface area (Å²) in [5.74, 6) is -0.0386. The maximum atomic E-state index is 12.4. The number of piperidine rings is 1. The van der Waals surface area contributed by atoms with E-state index in [0.717, 1.165) is 29.0 Å². The zero-order chi connectivity index (χ0) is 16.9. The van der Waals surface area contributed by atoms with Crippen LogP contribution in [0.4, 0.5) is 0 Å². The van der Waals surface area contributed by atoms with Crippen molar-refractivity contribution in [2.75, 3.05) is 25.4 Å². The minimum absolute atomic E-state index is 0.0365. The molecule has 0 bridgehead atoms. The maximum Gasteiger partial charge on any atom is 0.310 e. The van der Waals surface area contributed by atoms with Gasteiger partial charge in [0.15, 0.2) is 5.16 Å². The Morgan fingerprint density at radius 2 is 2.25 bits per heavy atom. The van der Waals surface area contributed by atoms with Crippen molar-refractivity contribution in [2.45, 2.75) is 24.9 Å². The van der Waals surface area contributed by atoms with Crippen LogP contribution in [0.2, 0.25) is 0 Å². The van der Waals surface area contributed by atoms with Gasteiger partial charge < -0.3 is 14.6 Å². The van der Waals surface area contributed by atoms with Crippen molar-refractivity contribution in [1.82, 2.24) is 14.9 Å². The Morgan fingerprint density at radius 1 is 1.42 bits per heavy atom. The van der Waals surface area contributed by atoms with E-state index >= 15 is 0 Å². The zero-order valence-electron chi connectivity index (χ0n) is 13.7. The largest absolute Gasteiger partial charge is 0.466 e. The number of rotatable bonds is 5. The number of hydrogen-bond acceptors (Lipinski definition) is 5. The highest BCUT2D eigenvalue weighted by molar-refractivity contribution is 7.99. The van der Waals surface area contributed by atoms with Gasteiger partial charge in [-0.3, -0.25) is 9.59 Å². The van der Waals surface area contributed by atoms with Crippen LogP contribution in [0.25, 0.3) is 11.0 Å². The van der Waals surface area contributed by atoms with E-state index in [1.54, 1.807) is 11.8 Å². The van der Waals surface area contributed by atoms with E-state index < -0.39 is 0 Å². The first-order valence-corrected chi connectivity index (χ1v) is 9.18. The smallest absolute Gasteiger partial charge is 0.310 e. The van der Waals surface area contributed by atoms with Gasteiger partial charge in [-0.15, -0.1) is 0 Å². The van der Waals surface area contributed by atoms with Crippen LogP contribution >= 0.6 is 11.8 Å². The Balaban J connectivity index is 1.55. The molecule has 0 saturated carbocycles. The predicted molar refractivity (Wildman–Crippen MR) is 92.8 cm³/mol. The number of nitrogens with one attached hydrogen (secondary N) is 1. The molecule has 128 valence electrons. The summed E-state index contributed by atoms with van der Waals surface area (Å²) in [4.78, 5) is 33.7. The Hall–Kier alpha value is -2.02. The first-order valence-electron chi connectivity index (χ1n) is 8.19. The van der Waals surface area contributed by atoms with E-state index in [2.05, 4.69) is 9.97 Å². The second kappa shape index (κ2) is 7.70. The third-order valence-electron chi connectivity index (χ3n) is 4.09. The molecule has 1 aromatic heterocycles. The third kappa shape index (κ3) is 3.90. The van der Waals surface area contributed by atoms with Crippen molar-refractivity contribution >= 4 is 34.7 Å². The van der Waals surface area contributed by atoms with Gasteiger partial charge in [-0.05, 0) is 31.9 Å². The number of likely N-dealkylation sites (tertiary alicyclic amines) is 1. The number of imidazole rings is 1. The van der Waals surface area contributed by atoms with Gasteiger partial charge in [-0.25, -0.2) is 4.98 Å². The van der Waals surface area contributed by atoms with E-state index in [1.165, 1.54) is 11.8 Å². The number of fused-ring (bicyclic) bond motifs is 1. The average Bonchev–Trinajstić information content (AvgIpc) is 3.03. The second-order valence-electron chi connectivity index (χ2n) is 5.78. The molecule has 3 rings (SSSR count). The fraction of sp³-hybridized carbons (Fsp3) is 0.471. The molecule has 0 aliphatic carbocycles. The summed E-state index contributed by atoms with van der Waals surface area (Å²) >= 11 is 1.39. The highest BCUT2D eigenvalue weighted by Gasteiger charge is 2.29. The first kappa shape index (κ1) is 16.8. The van der Waals surface area contributed by atoms with Crippen LogP contribution in [0.3, 0.4) is 0 Å². The Labute approximate surface area is 145 Å². The molecule has 1 aliphatic rings. The van der Waals surface area contributed by atoms with Crippen molar-refractivity contribution in [3.05, 3.63) is 24.3 Å². The summed E-state index contributed by atoms with van der Waals surface area (Å²) in [6.07, 6.45) is 1.63. The number of H-pyrrole nitrogens is 1. The molecule has 0 spiro atoms. The number of carbonyl (C=O) groups excluding carboxylic acids is 2. The molecule has 1 fully saturated rings. The lowest BCUT2D eigenvalue weighted by molar-refractivity contribution is -0.151. The van der Waals surface area contributed by atoms with Crippen LogP contribution in [0.1, 0.15) is 19.8 Å². The van der Waals surface area contributed by atoms with Crippen LogP contribution in [-0.2, 0) is 14.3 Å². The quantitative estimate of drug-likeness (QED) is 0.664. The number of aromatic nitrogens is 2. The van der Waals surface area contributed by atoms with Gasteiger partial charge in [0.1, 0.15) is 0 Å². The van der Waals surface area contributed by atoms with Crippen LogP contribution in [0.5, 0.6) is 0 Å². The van der Waals surface area contributed by atoms with Crippen LogP contribution < -0.4 is 0 Å². The average molecular weight is 347 g/mol. The molecule has 2 heterocycles. The van der Waals surface area contributed by atoms with E-state index in [0.29, 0.717) is 25.4 Å². The Bertz CT molecular complexity index is 698. The number of thioether (sulfide) groups is 1. The zero-order valence-corrected chi connectivity index (χ0v) is 14.5. The van der Waals surface area contributed by atoms with Crippen LogP contribution in [0.15, 0.2) is 29.4 Å². The van der Waals surface area contributed by atoms with Crippen molar-refractivity contribution in [3.8, 4) is 0 Å². The summed E-state index contributed by atoms with van der Waals surface area (Å²) in [6.45, 7) is 3.34. The van der Waals surface area contributed by atoms with Crippen molar-refractivity contribution < 1.29 is 14.3 Å². The number of benzene rings is 1. The highest BCUT2D eigenvalue weighted by atomic mass is 32.2. The number of carbonyl (C=O) groups is 2. The lowest BCUT2D eigenvalue weighted by Crippen LogP contribution is -2.43. The Morgan fingerprint density at radius 3 is 3.04 bits per heavy atom. The summed E-state index contributed by atoms with van der Waals surface area (Å²) < 4.78 is 5.08. The molecule has 1 aliphatic heterocycles. The molecule has 1 unspecified atom stereocenters. The van der Waals surface area contributed by atoms with Crippen molar-refractivity contribution in [3.63, 3.8) is 0 Å². The molecule has 0 radical (unpaired) electrons. The number of ether oxygens (including phenoxy) is 1. The lowest BCUT2D eigenvalue weighted by atomic mass is 9.98. The molecule has 7 heteroatoms. The van der Waals surface area contributed by atoms with E-state index in [1.807, 2.05) is 24.3 Å².